The number of halogens is 2. The predicted octanol–water partition coefficient (Wildman–Crippen LogP) is 1.57. The van der Waals surface area contributed by atoms with Crippen LogP contribution in [0.25, 0.3) is 0 Å². The lowest BCUT2D eigenvalue weighted by Gasteiger charge is -2.33. The molecule has 84 valence electrons. The lowest BCUT2D eigenvalue weighted by molar-refractivity contribution is 0.456. The van der Waals surface area contributed by atoms with Crippen molar-refractivity contribution in [2.45, 2.75) is 11.6 Å². The number of hydrogen-bond donors (Lipinski definition) is 2. The third-order valence-electron chi connectivity index (χ3n) is 2.75. The van der Waals surface area contributed by atoms with Gasteiger partial charge in [0.25, 0.3) is 0 Å². The van der Waals surface area contributed by atoms with Crippen LogP contribution >= 0.6 is 0 Å². The van der Waals surface area contributed by atoms with Gasteiger partial charge >= 0.3 is 0 Å². The molecular formula is C12H12F2N2. The molecule has 4 heteroatoms. The van der Waals surface area contributed by atoms with Crippen LogP contribution in [0, 0.1) is 11.6 Å². The molecule has 0 saturated carbocycles. The van der Waals surface area contributed by atoms with Crippen molar-refractivity contribution in [2.75, 3.05) is 0 Å². The second kappa shape index (κ2) is 3.81. The molecule has 1 aromatic rings. The molecule has 1 aromatic carbocycles. The van der Waals surface area contributed by atoms with Crippen molar-refractivity contribution in [3.8, 4) is 0 Å². The largest absolute Gasteiger partial charge is 0.322 e. The highest BCUT2D eigenvalue weighted by Crippen LogP contribution is 2.28. The molecule has 16 heavy (non-hydrogen) atoms. The van der Waals surface area contributed by atoms with Gasteiger partial charge in [0.15, 0.2) is 0 Å². The first-order valence-corrected chi connectivity index (χ1v) is 4.90. The zero-order chi connectivity index (χ0) is 11.8. The van der Waals surface area contributed by atoms with Gasteiger partial charge in [0.05, 0.1) is 5.54 Å². The van der Waals surface area contributed by atoms with E-state index in [1.165, 1.54) is 12.1 Å². The van der Waals surface area contributed by atoms with E-state index in [4.69, 9.17) is 11.5 Å². The van der Waals surface area contributed by atoms with Gasteiger partial charge in [0, 0.05) is 17.7 Å². The minimum absolute atomic E-state index is 0.196. The van der Waals surface area contributed by atoms with E-state index in [2.05, 4.69) is 0 Å². The van der Waals surface area contributed by atoms with E-state index in [1.807, 2.05) is 0 Å². The minimum Gasteiger partial charge on any atom is -0.322 e. The molecule has 0 amide bonds. The lowest BCUT2D eigenvalue weighted by Crippen LogP contribution is -2.51. The van der Waals surface area contributed by atoms with Crippen LogP contribution in [0.2, 0.25) is 0 Å². The van der Waals surface area contributed by atoms with Crippen LogP contribution in [0.3, 0.4) is 0 Å². The van der Waals surface area contributed by atoms with Crippen LogP contribution in [0.4, 0.5) is 8.78 Å². The summed E-state index contributed by atoms with van der Waals surface area (Å²) < 4.78 is 26.4. The summed E-state index contributed by atoms with van der Waals surface area (Å²) in [6, 6.07) is 2.78. The second-order valence-corrected chi connectivity index (χ2v) is 3.83. The molecular weight excluding hydrogens is 210 g/mol. The molecule has 0 aliphatic heterocycles. The van der Waals surface area contributed by atoms with E-state index in [0.29, 0.717) is 0 Å². The SMILES string of the molecule is NC1C=CC=CC1(N)c1ccc(F)cc1F. The van der Waals surface area contributed by atoms with Crippen LogP contribution in [0.5, 0.6) is 0 Å². The average Bonchev–Trinajstić information content (AvgIpc) is 2.22. The monoisotopic (exact) mass is 222 g/mol. The first-order chi connectivity index (χ1) is 7.54. The zero-order valence-electron chi connectivity index (χ0n) is 8.53. The first kappa shape index (κ1) is 11.0. The van der Waals surface area contributed by atoms with Crippen LogP contribution in [-0.2, 0) is 5.54 Å². The molecule has 2 unspecified atom stereocenters. The molecule has 0 radical (unpaired) electrons. The maximum Gasteiger partial charge on any atom is 0.131 e. The Hall–Kier alpha value is -1.52. The van der Waals surface area contributed by atoms with Gasteiger partial charge in [-0.25, -0.2) is 8.78 Å². The number of benzene rings is 1. The molecule has 4 N–H and O–H groups in total. The lowest BCUT2D eigenvalue weighted by atomic mass is 9.81. The molecule has 0 saturated heterocycles. The predicted molar refractivity (Wildman–Crippen MR) is 58.5 cm³/mol. The van der Waals surface area contributed by atoms with Crippen LogP contribution in [0.1, 0.15) is 5.56 Å². The standard InChI is InChI=1S/C12H12F2N2/c13-8-4-5-9(10(14)7-8)12(16)6-2-1-3-11(12)15/h1-7,11H,15-16H2. The van der Waals surface area contributed by atoms with Gasteiger partial charge in [-0.15, -0.1) is 0 Å². The molecule has 0 aromatic heterocycles. The number of rotatable bonds is 1. The fraction of sp³-hybridized carbons (Fsp3) is 0.167. The van der Waals surface area contributed by atoms with Gasteiger partial charge in [0.2, 0.25) is 0 Å². The second-order valence-electron chi connectivity index (χ2n) is 3.83. The van der Waals surface area contributed by atoms with Crippen molar-refractivity contribution in [1.29, 1.82) is 0 Å². The normalized spacial score (nSPS) is 28.4. The maximum absolute atomic E-state index is 13.6. The Morgan fingerprint density at radius 1 is 1.19 bits per heavy atom. The third kappa shape index (κ3) is 1.66. The van der Waals surface area contributed by atoms with Crippen molar-refractivity contribution < 1.29 is 8.78 Å². The minimum atomic E-state index is -1.12. The summed E-state index contributed by atoms with van der Waals surface area (Å²) >= 11 is 0. The maximum atomic E-state index is 13.6. The van der Waals surface area contributed by atoms with Crippen molar-refractivity contribution in [3.05, 3.63) is 59.7 Å². The van der Waals surface area contributed by atoms with Crippen molar-refractivity contribution in [3.63, 3.8) is 0 Å². The van der Waals surface area contributed by atoms with Crippen LogP contribution in [-0.4, -0.2) is 6.04 Å². The molecule has 1 aliphatic rings. The van der Waals surface area contributed by atoms with Crippen LogP contribution in [0.15, 0.2) is 42.5 Å². The Labute approximate surface area is 92.2 Å². The molecule has 2 nitrogen and oxygen atoms in total. The van der Waals surface area contributed by atoms with E-state index in [1.54, 1.807) is 24.3 Å². The number of nitrogens with two attached hydrogens (primary N) is 2. The summed E-state index contributed by atoms with van der Waals surface area (Å²) in [5, 5.41) is 0. The van der Waals surface area contributed by atoms with E-state index in [-0.39, 0.29) is 5.56 Å². The third-order valence-corrected chi connectivity index (χ3v) is 2.75. The molecule has 2 rings (SSSR count). The van der Waals surface area contributed by atoms with E-state index in [0.717, 1.165) is 6.07 Å². The topological polar surface area (TPSA) is 52.0 Å². The molecule has 0 bridgehead atoms. The summed E-state index contributed by atoms with van der Waals surface area (Å²) in [6.07, 6.45) is 6.75. The van der Waals surface area contributed by atoms with Gasteiger partial charge in [0.1, 0.15) is 11.6 Å². The van der Waals surface area contributed by atoms with Crippen LogP contribution < -0.4 is 11.5 Å². The number of allylic oxidation sites excluding steroid dienone is 2. The van der Waals surface area contributed by atoms with Gasteiger partial charge < -0.3 is 11.5 Å². The Morgan fingerprint density at radius 2 is 1.94 bits per heavy atom. The van der Waals surface area contributed by atoms with E-state index in [9.17, 15) is 8.78 Å². The Balaban J connectivity index is 2.51. The fourth-order valence-electron chi connectivity index (χ4n) is 1.78. The zero-order valence-corrected chi connectivity index (χ0v) is 8.53. The summed E-state index contributed by atoms with van der Waals surface area (Å²) in [5.74, 6) is -1.31. The van der Waals surface area contributed by atoms with E-state index < -0.39 is 23.2 Å². The van der Waals surface area contributed by atoms with Gasteiger partial charge in [-0.3, -0.25) is 0 Å². The summed E-state index contributed by atoms with van der Waals surface area (Å²) in [4.78, 5) is 0. The van der Waals surface area contributed by atoms with Gasteiger partial charge in [-0.05, 0) is 6.07 Å². The summed E-state index contributed by atoms with van der Waals surface area (Å²) in [6.45, 7) is 0. The summed E-state index contributed by atoms with van der Waals surface area (Å²) in [5.41, 5.74) is 11.0. The fourth-order valence-corrected chi connectivity index (χ4v) is 1.78. The Kier molecular flexibility index (Phi) is 2.61. The molecule has 0 heterocycles. The molecule has 2 atom stereocenters. The average molecular weight is 222 g/mol. The molecule has 0 spiro atoms. The first-order valence-electron chi connectivity index (χ1n) is 4.90. The highest BCUT2D eigenvalue weighted by atomic mass is 19.1. The van der Waals surface area contributed by atoms with Gasteiger partial charge in [-0.1, -0.05) is 30.4 Å². The summed E-state index contributed by atoms with van der Waals surface area (Å²) in [7, 11) is 0. The Bertz CT molecular complexity index is 468. The molecule has 0 fully saturated rings. The van der Waals surface area contributed by atoms with Gasteiger partial charge in [-0.2, -0.15) is 0 Å². The highest BCUT2D eigenvalue weighted by Gasteiger charge is 2.34. The van der Waals surface area contributed by atoms with Crippen molar-refractivity contribution in [2.24, 2.45) is 11.5 Å². The smallest absolute Gasteiger partial charge is 0.131 e. The van der Waals surface area contributed by atoms with Crippen molar-refractivity contribution in [1.82, 2.24) is 0 Å². The van der Waals surface area contributed by atoms with E-state index >= 15 is 0 Å². The number of hydrogen-bond acceptors (Lipinski definition) is 2. The highest BCUT2D eigenvalue weighted by molar-refractivity contribution is 5.38. The van der Waals surface area contributed by atoms with Crippen molar-refractivity contribution >= 4 is 0 Å². The quantitative estimate of drug-likeness (QED) is 0.757. The molecule has 1 aliphatic carbocycles. The Morgan fingerprint density at radius 3 is 2.56 bits per heavy atom.